The van der Waals surface area contributed by atoms with E-state index >= 15 is 0 Å². The molecule has 2 atom stereocenters. The first kappa shape index (κ1) is 18.1. The van der Waals surface area contributed by atoms with Crippen LogP contribution in [0, 0.1) is 0 Å². The molecule has 138 valence electrons. The lowest BCUT2D eigenvalue weighted by Crippen LogP contribution is -2.46. The number of hydrogen-bond donors (Lipinski definition) is 3. The van der Waals surface area contributed by atoms with Crippen molar-refractivity contribution in [2.24, 2.45) is 0 Å². The molecular formula is C20H24N2O4. The van der Waals surface area contributed by atoms with Gasteiger partial charge in [0.15, 0.2) is 0 Å². The highest BCUT2D eigenvalue weighted by Crippen LogP contribution is 2.26. The number of aliphatic hydroxyl groups is 1. The van der Waals surface area contributed by atoms with Crippen LogP contribution in [-0.4, -0.2) is 30.4 Å². The number of nitrogens with one attached hydrogen (secondary N) is 2. The Bertz CT molecular complexity index is 733. The minimum Gasteiger partial charge on any atom is -0.497 e. The van der Waals surface area contributed by atoms with Crippen molar-refractivity contribution >= 4 is 11.7 Å². The van der Waals surface area contributed by atoms with Gasteiger partial charge in [-0.25, -0.2) is 4.79 Å². The second-order valence-electron chi connectivity index (χ2n) is 6.36. The molecule has 0 aromatic heterocycles. The van der Waals surface area contributed by atoms with Crippen LogP contribution < -0.4 is 20.1 Å². The van der Waals surface area contributed by atoms with E-state index in [2.05, 4.69) is 10.6 Å². The summed E-state index contributed by atoms with van der Waals surface area (Å²) in [6, 6.07) is 14.0. The summed E-state index contributed by atoms with van der Waals surface area (Å²) in [5, 5.41) is 15.6. The van der Waals surface area contributed by atoms with E-state index < -0.39 is 6.10 Å². The number of anilines is 1. The van der Waals surface area contributed by atoms with Gasteiger partial charge in [0.1, 0.15) is 17.2 Å². The third-order valence-electron chi connectivity index (χ3n) is 4.44. The average molecular weight is 356 g/mol. The normalized spacial score (nSPS) is 19.5. The summed E-state index contributed by atoms with van der Waals surface area (Å²) in [6.45, 7) is 0. The van der Waals surface area contributed by atoms with Crippen LogP contribution in [0.4, 0.5) is 10.5 Å². The van der Waals surface area contributed by atoms with Crippen LogP contribution in [-0.2, 0) is 0 Å². The summed E-state index contributed by atoms with van der Waals surface area (Å²) in [5.74, 6) is 2.06. The van der Waals surface area contributed by atoms with Crippen molar-refractivity contribution in [3.8, 4) is 17.2 Å². The average Bonchev–Trinajstić information content (AvgIpc) is 2.65. The van der Waals surface area contributed by atoms with Gasteiger partial charge in [-0.2, -0.15) is 0 Å². The van der Waals surface area contributed by atoms with E-state index in [1.807, 2.05) is 18.2 Å². The second kappa shape index (κ2) is 8.58. The van der Waals surface area contributed by atoms with Crippen LogP contribution in [0.25, 0.3) is 0 Å². The number of carbonyl (C=O) groups is 1. The highest BCUT2D eigenvalue weighted by atomic mass is 16.5. The van der Waals surface area contributed by atoms with Gasteiger partial charge in [-0.1, -0.05) is 18.9 Å². The Hall–Kier alpha value is -2.73. The topological polar surface area (TPSA) is 79.8 Å². The molecule has 0 unspecified atom stereocenters. The van der Waals surface area contributed by atoms with E-state index in [1.165, 1.54) is 0 Å². The molecule has 6 nitrogen and oxygen atoms in total. The smallest absolute Gasteiger partial charge is 0.319 e. The number of carbonyl (C=O) groups excluding carboxylic acids is 1. The first-order valence-corrected chi connectivity index (χ1v) is 8.81. The number of amides is 2. The van der Waals surface area contributed by atoms with E-state index in [9.17, 15) is 9.90 Å². The predicted octanol–water partition coefficient (Wildman–Crippen LogP) is 3.91. The maximum atomic E-state index is 12.1. The van der Waals surface area contributed by atoms with Crippen molar-refractivity contribution in [1.29, 1.82) is 0 Å². The molecule has 1 fully saturated rings. The first-order valence-electron chi connectivity index (χ1n) is 8.81. The summed E-state index contributed by atoms with van der Waals surface area (Å²) in [6.07, 6.45) is 3.12. The third kappa shape index (κ3) is 4.89. The Morgan fingerprint density at radius 1 is 1.04 bits per heavy atom. The summed E-state index contributed by atoms with van der Waals surface area (Å²) in [5.41, 5.74) is 0.658. The highest BCUT2D eigenvalue weighted by Gasteiger charge is 2.24. The van der Waals surface area contributed by atoms with Crippen LogP contribution in [0.3, 0.4) is 0 Å². The monoisotopic (exact) mass is 356 g/mol. The molecule has 1 aliphatic carbocycles. The molecule has 1 aliphatic rings. The molecule has 0 radical (unpaired) electrons. The van der Waals surface area contributed by atoms with Crippen molar-refractivity contribution in [2.45, 2.75) is 37.8 Å². The van der Waals surface area contributed by atoms with Gasteiger partial charge in [0, 0.05) is 11.8 Å². The quantitative estimate of drug-likeness (QED) is 0.759. The zero-order valence-electron chi connectivity index (χ0n) is 14.8. The fourth-order valence-corrected chi connectivity index (χ4v) is 3.02. The maximum absolute atomic E-state index is 12.1. The summed E-state index contributed by atoms with van der Waals surface area (Å²) < 4.78 is 10.9. The molecule has 3 rings (SSSR count). The Morgan fingerprint density at radius 3 is 2.50 bits per heavy atom. The molecule has 26 heavy (non-hydrogen) atoms. The molecule has 2 aromatic carbocycles. The minimum atomic E-state index is -0.465. The van der Waals surface area contributed by atoms with Gasteiger partial charge < -0.3 is 25.2 Å². The van der Waals surface area contributed by atoms with Crippen molar-refractivity contribution in [3.63, 3.8) is 0 Å². The first-order chi connectivity index (χ1) is 12.6. The fourth-order valence-electron chi connectivity index (χ4n) is 3.02. The molecule has 0 heterocycles. The predicted molar refractivity (Wildman–Crippen MR) is 99.9 cm³/mol. The lowest BCUT2D eigenvalue weighted by atomic mass is 9.93. The Balaban J connectivity index is 1.54. The highest BCUT2D eigenvalue weighted by molar-refractivity contribution is 5.89. The number of ether oxygens (including phenoxy) is 2. The number of benzene rings is 2. The number of rotatable bonds is 5. The minimum absolute atomic E-state index is 0.181. The molecule has 2 amide bonds. The van der Waals surface area contributed by atoms with E-state index in [4.69, 9.17) is 9.47 Å². The van der Waals surface area contributed by atoms with E-state index in [1.54, 1.807) is 37.4 Å². The molecular weight excluding hydrogens is 332 g/mol. The molecule has 2 aromatic rings. The maximum Gasteiger partial charge on any atom is 0.319 e. The molecule has 1 saturated carbocycles. The number of hydrogen-bond acceptors (Lipinski definition) is 4. The van der Waals surface area contributed by atoms with Gasteiger partial charge in [-0.05, 0) is 49.2 Å². The van der Waals surface area contributed by atoms with E-state index in [0.29, 0.717) is 17.2 Å². The Kier molecular flexibility index (Phi) is 5.96. The van der Waals surface area contributed by atoms with Gasteiger partial charge in [-0.3, -0.25) is 0 Å². The third-order valence-corrected chi connectivity index (χ3v) is 4.44. The van der Waals surface area contributed by atoms with Crippen molar-refractivity contribution < 1.29 is 19.4 Å². The zero-order chi connectivity index (χ0) is 18.4. The SMILES string of the molecule is COc1cccc(Oc2ccc(NC(=O)N[C@H]3CCCC[C@@H]3O)cc2)c1. The van der Waals surface area contributed by atoms with Crippen molar-refractivity contribution in [2.75, 3.05) is 12.4 Å². The Labute approximate surface area is 153 Å². The van der Waals surface area contributed by atoms with Gasteiger partial charge in [0.05, 0.1) is 19.3 Å². The zero-order valence-corrected chi connectivity index (χ0v) is 14.8. The summed E-state index contributed by atoms with van der Waals surface area (Å²) in [4.78, 5) is 12.1. The molecule has 0 aliphatic heterocycles. The van der Waals surface area contributed by atoms with Crippen LogP contribution in [0.2, 0.25) is 0 Å². The van der Waals surface area contributed by atoms with Crippen LogP contribution in [0.15, 0.2) is 48.5 Å². The molecule has 0 saturated heterocycles. The van der Waals surface area contributed by atoms with Gasteiger partial charge >= 0.3 is 6.03 Å². The summed E-state index contributed by atoms with van der Waals surface area (Å²) in [7, 11) is 1.61. The second-order valence-corrected chi connectivity index (χ2v) is 6.36. The van der Waals surface area contributed by atoms with Crippen LogP contribution in [0.1, 0.15) is 25.7 Å². The summed E-state index contributed by atoms with van der Waals surface area (Å²) >= 11 is 0. The Morgan fingerprint density at radius 2 is 1.77 bits per heavy atom. The van der Waals surface area contributed by atoms with Crippen LogP contribution >= 0.6 is 0 Å². The number of methoxy groups -OCH3 is 1. The lowest BCUT2D eigenvalue weighted by molar-refractivity contribution is 0.0955. The van der Waals surface area contributed by atoms with Gasteiger partial charge in [0.2, 0.25) is 0 Å². The fraction of sp³-hybridized carbons (Fsp3) is 0.350. The molecule has 0 spiro atoms. The lowest BCUT2D eigenvalue weighted by Gasteiger charge is -2.28. The largest absolute Gasteiger partial charge is 0.497 e. The van der Waals surface area contributed by atoms with Gasteiger partial charge in [0.25, 0.3) is 0 Å². The standard InChI is InChI=1S/C20H24N2O4/c1-25-16-5-4-6-17(13-16)26-15-11-9-14(10-12-15)21-20(24)22-18-7-2-3-8-19(18)23/h4-6,9-13,18-19,23H,2-3,7-8H2,1H3,(H2,21,22,24)/t18-,19-/m0/s1. The van der Waals surface area contributed by atoms with Gasteiger partial charge in [-0.15, -0.1) is 0 Å². The van der Waals surface area contributed by atoms with Crippen molar-refractivity contribution in [1.82, 2.24) is 5.32 Å². The van der Waals surface area contributed by atoms with E-state index in [0.717, 1.165) is 31.4 Å². The molecule has 0 bridgehead atoms. The van der Waals surface area contributed by atoms with Crippen LogP contribution in [0.5, 0.6) is 17.2 Å². The molecule has 6 heteroatoms. The van der Waals surface area contributed by atoms with Crippen molar-refractivity contribution in [3.05, 3.63) is 48.5 Å². The number of urea groups is 1. The molecule has 3 N–H and O–H groups in total. The van der Waals surface area contributed by atoms with E-state index in [-0.39, 0.29) is 12.1 Å². The number of aliphatic hydroxyl groups excluding tert-OH is 1.